The number of hydrogen-bond acceptors (Lipinski definition) is 7. The fraction of sp³-hybridized carbons (Fsp3) is 0.294. The van der Waals surface area contributed by atoms with Gasteiger partial charge in [0.1, 0.15) is 18.2 Å². The molecule has 1 aromatic heterocycles. The fourth-order valence-electron chi connectivity index (χ4n) is 2.02. The third-order valence-electron chi connectivity index (χ3n) is 3.35. The second-order valence-corrected chi connectivity index (χ2v) is 5.10. The normalized spacial score (nSPS) is 11.8. The van der Waals surface area contributed by atoms with Gasteiger partial charge in [0.05, 0.1) is 18.8 Å². The summed E-state index contributed by atoms with van der Waals surface area (Å²) >= 11 is 0. The molecule has 128 valence electrons. The van der Waals surface area contributed by atoms with Crippen LogP contribution in [0.4, 0.5) is 5.82 Å². The van der Waals surface area contributed by atoms with Gasteiger partial charge in [0.25, 0.3) is 0 Å². The molecule has 24 heavy (non-hydrogen) atoms. The van der Waals surface area contributed by atoms with Gasteiger partial charge in [-0.15, -0.1) is 0 Å². The third kappa shape index (κ3) is 5.22. The Kier molecular flexibility index (Phi) is 6.53. The number of ether oxygens (including phenoxy) is 2. The van der Waals surface area contributed by atoms with Crippen molar-refractivity contribution in [1.82, 2.24) is 10.3 Å². The van der Waals surface area contributed by atoms with Crippen LogP contribution in [0.3, 0.4) is 0 Å². The zero-order valence-electron chi connectivity index (χ0n) is 13.4. The lowest BCUT2D eigenvalue weighted by molar-refractivity contribution is 0.0600. The molecule has 0 aliphatic rings. The lowest BCUT2D eigenvalue weighted by atomic mass is 10.1. The number of hydrogen-bond donors (Lipinski definition) is 3. The fourth-order valence-corrected chi connectivity index (χ4v) is 2.02. The number of aliphatic hydroxyl groups excluding tert-OH is 1. The number of nitrogens with two attached hydrogens (primary N) is 1. The first kappa shape index (κ1) is 17.7. The molecule has 2 rings (SSSR count). The SMILES string of the molecule is COC(=O)c1ccc(OCCNC[C@H](O)c2ccc(N)nc2)cc1. The highest BCUT2D eigenvalue weighted by Crippen LogP contribution is 2.13. The first-order chi connectivity index (χ1) is 11.6. The van der Waals surface area contributed by atoms with Crippen molar-refractivity contribution >= 4 is 11.8 Å². The monoisotopic (exact) mass is 331 g/mol. The summed E-state index contributed by atoms with van der Waals surface area (Å²) < 4.78 is 10.2. The van der Waals surface area contributed by atoms with Crippen molar-refractivity contribution in [3.05, 3.63) is 53.7 Å². The van der Waals surface area contributed by atoms with Crippen LogP contribution in [0.5, 0.6) is 5.75 Å². The Morgan fingerprint density at radius 2 is 2.04 bits per heavy atom. The molecule has 0 saturated heterocycles. The van der Waals surface area contributed by atoms with Gasteiger partial charge in [-0.25, -0.2) is 9.78 Å². The number of nitrogens with one attached hydrogen (secondary N) is 1. The van der Waals surface area contributed by atoms with Crippen LogP contribution in [-0.4, -0.2) is 42.9 Å². The molecule has 0 aliphatic carbocycles. The number of nitrogens with zero attached hydrogens (tertiary/aromatic N) is 1. The quantitative estimate of drug-likeness (QED) is 0.492. The molecule has 2 aromatic rings. The highest BCUT2D eigenvalue weighted by Gasteiger charge is 2.07. The van der Waals surface area contributed by atoms with E-state index in [0.29, 0.717) is 42.4 Å². The van der Waals surface area contributed by atoms with E-state index < -0.39 is 6.10 Å². The Hall–Kier alpha value is -2.64. The van der Waals surface area contributed by atoms with Crippen LogP contribution in [0, 0.1) is 0 Å². The molecule has 0 bridgehead atoms. The van der Waals surface area contributed by atoms with E-state index in [1.807, 2.05) is 0 Å². The number of nitrogen functional groups attached to an aromatic ring is 1. The highest BCUT2D eigenvalue weighted by atomic mass is 16.5. The Balaban J connectivity index is 1.67. The van der Waals surface area contributed by atoms with Crippen LogP contribution in [0.1, 0.15) is 22.0 Å². The van der Waals surface area contributed by atoms with Crippen LogP contribution in [0.15, 0.2) is 42.6 Å². The number of anilines is 1. The van der Waals surface area contributed by atoms with E-state index >= 15 is 0 Å². The van der Waals surface area contributed by atoms with Gasteiger partial charge in [-0.05, 0) is 30.3 Å². The molecular formula is C17H21N3O4. The Labute approximate surface area is 140 Å². The van der Waals surface area contributed by atoms with Gasteiger partial charge in [-0.2, -0.15) is 0 Å². The van der Waals surface area contributed by atoms with E-state index in [-0.39, 0.29) is 5.97 Å². The van der Waals surface area contributed by atoms with E-state index in [4.69, 9.17) is 10.5 Å². The van der Waals surface area contributed by atoms with Crippen molar-refractivity contribution in [2.75, 3.05) is 32.5 Å². The standard InChI is InChI=1S/C17H21N3O4/c1-23-17(22)12-2-5-14(6-3-12)24-9-8-19-11-15(21)13-4-7-16(18)20-10-13/h2-7,10,15,19,21H,8-9,11H2,1H3,(H2,18,20)/t15-/m0/s1. The summed E-state index contributed by atoms with van der Waals surface area (Å²) in [5, 5.41) is 13.1. The largest absolute Gasteiger partial charge is 0.492 e. The number of methoxy groups -OCH3 is 1. The van der Waals surface area contributed by atoms with Crippen molar-refractivity contribution < 1.29 is 19.4 Å². The molecule has 0 aliphatic heterocycles. The summed E-state index contributed by atoms with van der Waals surface area (Å²) in [4.78, 5) is 15.3. The molecule has 0 radical (unpaired) electrons. The Bertz CT molecular complexity index is 644. The van der Waals surface area contributed by atoms with Gasteiger partial charge < -0.3 is 25.6 Å². The second-order valence-electron chi connectivity index (χ2n) is 5.10. The van der Waals surface area contributed by atoms with Gasteiger partial charge in [-0.1, -0.05) is 6.07 Å². The second kappa shape index (κ2) is 8.85. The molecule has 1 aromatic carbocycles. The number of aliphatic hydroxyl groups is 1. The first-order valence-corrected chi connectivity index (χ1v) is 7.51. The van der Waals surface area contributed by atoms with Gasteiger partial charge in [0.15, 0.2) is 0 Å². The maximum Gasteiger partial charge on any atom is 0.337 e. The highest BCUT2D eigenvalue weighted by molar-refractivity contribution is 5.89. The lowest BCUT2D eigenvalue weighted by Gasteiger charge is -2.12. The smallest absolute Gasteiger partial charge is 0.337 e. The molecule has 4 N–H and O–H groups in total. The molecule has 0 fully saturated rings. The number of carbonyl (C=O) groups excluding carboxylic acids is 1. The molecular weight excluding hydrogens is 310 g/mol. The summed E-state index contributed by atoms with van der Waals surface area (Å²) in [6.45, 7) is 1.39. The predicted molar refractivity (Wildman–Crippen MR) is 89.8 cm³/mol. The van der Waals surface area contributed by atoms with E-state index in [0.717, 1.165) is 0 Å². The Morgan fingerprint density at radius 1 is 1.29 bits per heavy atom. The zero-order valence-corrected chi connectivity index (χ0v) is 13.4. The topological polar surface area (TPSA) is 107 Å². The average molecular weight is 331 g/mol. The van der Waals surface area contributed by atoms with Crippen LogP contribution in [-0.2, 0) is 4.74 Å². The minimum atomic E-state index is -0.655. The van der Waals surface area contributed by atoms with Crippen molar-refractivity contribution in [3.63, 3.8) is 0 Å². The van der Waals surface area contributed by atoms with E-state index in [9.17, 15) is 9.90 Å². The predicted octanol–water partition coefficient (Wildman–Crippen LogP) is 1.15. The minimum absolute atomic E-state index is 0.380. The first-order valence-electron chi connectivity index (χ1n) is 7.51. The lowest BCUT2D eigenvalue weighted by Crippen LogP contribution is -2.26. The molecule has 0 spiro atoms. The van der Waals surface area contributed by atoms with Gasteiger partial charge >= 0.3 is 5.97 Å². The summed E-state index contributed by atoms with van der Waals surface area (Å²) in [5.74, 6) is 0.702. The summed E-state index contributed by atoms with van der Waals surface area (Å²) in [7, 11) is 1.34. The molecule has 1 atom stereocenters. The van der Waals surface area contributed by atoms with Crippen molar-refractivity contribution in [1.29, 1.82) is 0 Å². The molecule has 0 unspecified atom stereocenters. The number of benzene rings is 1. The molecule has 1 heterocycles. The molecule has 7 nitrogen and oxygen atoms in total. The van der Waals surface area contributed by atoms with Crippen LogP contribution >= 0.6 is 0 Å². The zero-order chi connectivity index (χ0) is 17.4. The summed E-state index contributed by atoms with van der Waals surface area (Å²) in [5.41, 5.74) is 6.68. The maximum absolute atomic E-state index is 11.3. The van der Waals surface area contributed by atoms with E-state index in [1.54, 1.807) is 42.6 Å². The minimum Gasteiger partial charge on any atom is -0.492 e. The number of pyridine rings is 1. The molecule has 7 heteroatoms. The van der Waals surface area contributed by atoms with E-state index in [2.05, 4.69) is 15.0 Å². The summed E-state index contributed by atoms with van der Waals surface area (Å²) in [6.07, 6.45) is 0.901. The average Bonchev–Trinajstić information content (AvgIpc) is 2.61. The van der Waals surface area contributed by atoms with E-state index in [1.165, 1.54) is 7.11 Å². The molecule has 0 saturated carbocycles. The number of carbonyl (C=O) groups is 1. The van der Waals surface area contributed by atoms with Gasteiger partial charge in [0.2, 0.25) is 0 Å². The van der Waals surface area contributed by atoms with Crippen molar-refractivity contribution in [3.8, 4) is 5.75 Å². The van der Waals surface area contributed by atoms with Crippen molar-refractivity contribution in [2.45, 2.75) is 6.10 Å². The van der Waals surface area contributed by atoms with Crippen LogP contribution in [0.2, 0.25) is 0 Å². The number of aromatic nitrogens is 1. The number of esters is 1. The molecule has 0 amide bonds. The Morgan fingerprint density at radius 3 is 2.67 bits per heavy atom. The maximum atomic E-state index is 11.3. The van der Waals surface area contributed by atoms with Gasteiger partial charge in [0, 0.05) is 24.8 Å². The van der Waals surface area contributed by atoms with Crippen LogP contribution < -0.4 is 15.8 Å². The summed E-state index contributed by atoms with van der Waals surface area (Å²) in [6, 6.07) is 10.1. The third-order valence-corrected chi connectivity index (χ3v) is 3.35. The van der Waals surface area contributed by atoms with Crippen molar-refractivity contribution in [2.24, 2.45) is 0 Å². The number of rotatable bonds is 8. The van der Waals surface area contributed by atoms with Crippen LogP contribution in [0.25, 0.3) is 0 Å². The van der Waals surface area contributed by atoms with Gasteiger partial charge in [-0.3, -0.25) is 0 Å².